The van der Waals surface area contributed by atoms with Gasteiger partial charge in [0.25, 0.3) is 0 Å². The third-order valence-corrected chi connectivity index (χ3v) is 6.03. The third kappa shape index (κ3) is 12.8. The van der Waals surface area contributed by atoms with Crippen LogP contribution in [0.1, 0.15) is 85.8 Å². The molecule has 0 aliphatic carbocycles. The second-order valence-corrected chi connectivity index (χ2v) is 12.4. The van der Waals surface area contributed by atoms with E-state index in [0.717, 1.165) is 11.1 Å². The number of nitrogens with two attached hydrogens (primary N) is 1. The number of carbonyl (C=O) groups is 4. The monoisotopic (exact) mass is 517 g/mol. The van der Waals surface area contributed by atoms with Crippen LogP contribution in [0.5, 0.6) is 0 Å². The Morgan fingerprint density at radius 2 is 1.51 bits per heavy atom. The number of urea groups is 1. The van der Waals surface area contributed by atoms with E-state index in [2.05, 4.69) is 31.4 Å². The van der Waals surface area contributed by atoms with E-state index >= 15 is 0 Å². The zero-order chi connectivity index (χ0) is 28.4. The number of Topliss-reactive ketones (excluding diaryl/α,β-unsaturated/α-hetero) is 1. The molecule has 0 spiro atoms. The van der Waals surface area contributed by atoms with Gasteiger partial charge in [-0.2, -0.15) is 0 Å². The Bertz CT molecular complexity index is 911. The number of nitrogens with one attached hydrogen (secondary N) is 2. The van der Waals surface area contributed by atoms with Gasteiger partial charge in [-0.05, 0) is 62.5 Å². The minimum absolute atomic E-state index is 0.0276. The van der Waals surface area contributed by atoms with Crippen LogP contribution >= 0.6 is 0 Å². The maximum absolute atomic E-state index is 13.3. The van der Waals surface area contributed by atoms with E-state index in [0.29, 0.717) is 25.8 Å². The van der Waals surface area contributed by atoms with Gasteiger partial charge < -0.3 is 21.1 Å². The minimum atomic E-state index is -0.671. The summed E-state index contributed by atoms with van der Waals surface area (Å²) in [5.74, 6) is -0.581. The zero-order valence-corrected chi connectivity index (χ0v) is 23.9. The van der Waals surface area contributed by atoms with Crippen molar-refractivity contribution in [3.63, 3.8) is 0 Å². The Morgan fingerprint density at radius 3 is 2.00 bits per heavy atom. The third-order valence-electron chi connectivity index (χ3n) is 6.03. The van der Waals surface area contributed by atoms with E-state index in [1.807, 2.05) is 38.1 Å². The lowest BCUT2D eigenvalue weighted by Crippen LogP contribution is -2.46. The van der Waals surface area contributed by atoms with E-state index in [9.17, 15) is 19.2 Å². The maximum atomic E-state index is 13.3. The molecular formula is C29H47N3O5. The summed E-state index contributed by atoms with van der Waals surface area (Å²) in [6.45, 7) is 16.2. The lowest BCUT2D eigenvalue weighted by atomic mass is 9.79. The van der Waals surface area contributed by atoms with Crippen LogP contribution in [0, 0.1) is 22.7 Å². The minimum Gasteiger partial charge on any atom is -0.460 e. The van der Waals surface area contributed by atoms with Crippen LogP contribution in [0.25, 0.3) is 0 Å². The second-order valence-electron chi connectivity index (χ2n) is 12.4. The largest absolute Gasteiger partial charge is 0.460 e. The molecule has 1 aromatic carbocycles. The number of hydrogen-bond donors (Lipinski definition) is 3. The molecule has 37 heavy (non-hydrogen) atoms. The molecule has 1 aromatic rings. The Labute approximate surface area is 222 Å². The molecule has 8 nitrogen and oxygen atoms in total. The molecule has 0 heterocycles. The number of primary amides is 1. The van der Waals surface area contributed by atoms with Gasteiger partial charge in [0, 0.05) is 18.9 Å². The molecular weight excluding hydrogens is 470 g/mol. The molecule has 0 bridgehead atoms. The van der Waals surface area contributed by atoms with Crippen molar-refractivity contribution in [2.24, 2.45) is 28.4 Å². The van der Waals surface area contributed by atoms with Gasteiger partial charge in [0.15, 0.2) is 5.78 Å². The van der Waals surface area contributed by atoms with E-state index in [4.69, 9.17) is 10.5 Å². The van der Waals surface area contributed by atoms with E-state index < -0.39 is 17.5 Å². The van der Waals surface area contributed by atoms with Crippen LogP contribution < -0.4 is 16.4 Å². The second kappa shape index (κ2) is 14.1. The zero-order valence-electron chi connectivity index (χ0n) is 23.9. The molecule has 0 aromatic heterocycles. The van der Waals surface area contributed by atoms with Crippen molar-refractivity contribution < 1.29 is 23.9 Å². The fourth-order valence-electron chi connectivity index (χ4n) is 3.84. The SMILES string of the molecule is CC(C)[C@H](CC(C)(C)C)C(=O)NC(CCCNC(N)=O)C(=O)Cc1ccc(COC(=O)C(C)(C)C)cc1. The standard InChI is InChI=1S/C29H47N3O5/c1-19(2)22(17-28(3,4)5)25(34)32-23(10-9-15-31-27(30)36)24(33)16-20-11-13-21(14-12-20)18-37-26(35)29(6,7)8/h11-14,19,22-23H,9-10,15-18H2,1-8H3,(H,32,34)(H3,30,31,36)/t22-,23?/m0/s1. The highest BCUT2D eigenvalue weighted by molar-refractivity contribution is 5.91. The Kier molecular flexibility index (Phi) is 12.3. The van der Waals surface area contributed by atoms with Crippen molar-refractivity contribution in [2.45, 2.75) is 93.7 Å². The van der Waals surface area contributed by atoms with E-state index in [1.165, 1.54) is 0 Å². The van der Waals surface area contributed by atoms with Gasteiger partial charge in [0.2, 0.25) is 5.91 Å². The number of amides is 3. The summed E-state index contributed by atoms with van der Waals surface area (Å²) >= 11 is 0. The van der Waals surface area contributed by atoms with Gasteiger partial charge in [-0.25, -0.2) is 4.79 Å². The number of carbonyl (C=O) groups excluding carboxylic acids is 4. The van der Waals surface area contributed by atoms with Crippen LogP contribution in [-0.2, 0) is 32.1 Å². The summed E-state index contributed by atoms with van der Waals surface area (Å²) in [4.78, 5) is 49.5. The summed E-state index contributed by atoms with van der Waals surface area (Å²) in [5, 5.41) is 5.53. The summed E-state index contributed by atoms with van der Waals surface area (Å²) in [5.41, 5.74) is 6.18. The number of esters is 1. The van der Waals surface area contributed by atoms with Gasteiger partial charge in [-0.1, -0.05) is 58.9 Å². The predicted octanol–water partition coefficient (Wildman–Crippen LogP) is 4.53. The topological polar surface area (TPSA) is 128 Å². The molecule has 0 fully saturated rings. The van der Waals surface area contributed by atoms with Gasteiger partial charge in [0.1, 0.15) is 6.61 Å². The normalized spacial score (nSPS) is 13.5. The summed E-state index contributed by atoms with van der Waals surface area (Å²) in [6, 6.07) is 6.05. The van der Waals surface area contributed by atoms with Gasteiger partial charge in [-0.15, -0.1) is 0 Å². The quantitative estimate of drug-likeness (QED) is 0.262. The molecule has 208 valence electrons. The molecule has 0 radical (unpaired) electrons. The average Bonchev–Trinajstić information content (AvgIpc) is 2.77. The fourth-order valence-corrected chi connectivity index (χ4v) is 3.84. The van der Waals surface area contributed by atoms with Crippen molar-refractivity contribution in [2.75, 3.05) is 6.54 Å². The summed E-state index contributed by atoms with van der Waals surface area (Å²) < 4.78 is 5.35. The van der Waals surface area contributed by atoms with Crippen LogP contribution in [0.15, 0.2) is 24.3 Å². The van der Waals surface area contributed by atoms with Crippen molar-refractivity contribution in [3.05, 3.63) is 35.4 Å². The Hall–Kier alpha value is -2.90. The van der Waals surface area contributed by atoms with Crippen LogP contribution in [0.3, 0.4) is 0 Å². The number of ether oxygens (including phenoxy) is 1. The predicted molar refractivity (Wildman–Crippen MR) is 146 cm³/mol. The molecule has 1 unspecified atom stereocenters. The number of rotatable bonds is 13. The van der Waals surface area contributed by atoms with Crippen molar-refractivity contribution in [3.8, 4) is 0 Å². The lowest BCUT2D eigenvalue weighted by Gasteiger charge is -2.29. The first-order valence-electron chi connectivity index (χ1n) is 13.1. The number of benzene rings is 1. The summed E-state index contributed by atoms with van der Waals surface area (Å²) in [7, 11) is 0. The molecule has 0 saturated carbocycles. The first-order valence-corrected chi connectivity index (χ1v) is 13.1. The molecule has 0 aliphatic rings. The van der Waals surface area contributed by atoms with Gasteiger partial charge in [-0.3, -0.25) is 14.4 Å². The molecule has 2 atom stereocenters. The van der Waals surface area contributed by atoms with E-state index in [-0.39, 0.29) is 47.9 Å². The number of hydrogen-bond acceptors (Lipinski definition) is 5. The first-order chi connectivity index (χ1) is 17.0. The van der Waals surface area contributed by atoms with Gasteiger partial charge in [0.05, 0.1) is 11.5 Å². The van der Waals surface area contributed by atoms with Crippen LogP contribution in [0.2, 0.25) is 0 Å². The first kappa shape index (κ1) is 32.1. The molecule has 4 N–H and O–H groups in total. The van der Waals surface area contributed by atoms with Crippen molar-refractivity contribution in [1.29, 1.82) is 0 Å². The maximum Gasteiger partial charge on any atom is 0.312 e. The molecule has 0 aliphatic heterocycles. The van der Waals surface area contributed by atoms with Gasteiger partial charge >= 0.3 is 12.0 Å². The fraction of sp³-hybridized carbons (Fsp3) is 0.655. The highest BCUT2D eigenvalue weighted by Crippen LogP contribution is 2.29. The average molecular weight is 518 g/mol. The highest BCUT2D eigenvalue weighted by Gasteiger charge is 2.30. The molecule has 8 heteroatoms. The Balaban J connectivity index is 2.90. The number of ketones is 1. The van der Waals surface area contributed by atoms with Crippen molar-refractivity contribution >= 4 is 23.7 Å². The Morgan fingerprint density at radius 1 is 0.946 bits per heavy atom. The van der Waals surface area contributed by atoms with Crippen molar-refractivity contribution in [1.82, 2.24) is 10.6 Å². The smallest absolute Gasteiger partial charge is 0.312 e. The van der Waals surface area contributed by atoms with E-state index in [1.54, 1.807) is 20.8 Å². The molecule has 1 rings (SSSR count). The molecule has 0 saturated heterocycles. The van der Waals surface area contributed by atoms with Crippen LogP contribution in [-0.4, -0.2) is 36.3 Å². The highest BCUT2D eigenvalue weighted by atomic mass is 16.5. The lowest BCUT2D eigenvalue weighted by molar-refractivity contribution is -0.154. The molecule has 3 amide bonds. The van der Waals surface area contributed by atoms with Crippen LogP contribution in [0.4, 0.5) is 4.79 Å². The summed E-state index contributed by atoms with van der Waals surface area (Å²) in [6.07, 6.45) is 1.76.